The van der Waals surface area contributed by atoms with Crippen LogP contribution in [0.3, 0.4) is 0 Å². The molecule has 0 aliphatic rings. The summed E-state index contributed by atoms with van der Waals surface area (Å²) in [6, 6.07) is 9.37. The Bertz CT molecular complexity index is 1290. The Morgan fingerprint density at radius 2 is 1.82 bits per heavy atom. The lowest BCUT2D eigenvalue weighted by molar-refractivity contribution is 0.187. The fourth-order valence-electron chi connectivity index (χ4n) is 3.22. The Morgan fingerprint density at radius 1 is 1.12 bits per heavy atom. The minimum absolute atomic E-state index is 0.0231. The van der Waals surface area contributed by atoms with E-state index in [4.69, 9.17) is 14.5 Å². The third-order valence-corrected chi connectivity index (χ3v) is 6.08. The number of ether oxygens (including phenoxy) is 2. The van der Waals surface area contributed by atoms with Crippen LogP contribution in [0.25, 0.3) is 10.9 Å². The summed E-state index contributed by atoms with van der Waals surface area (Å²) >= 11 is 5.69. The Morgan fingerprint density at radius 3 is 2.44 bits per heavy atom. The van der Waals surface area contributed by atoms with Crippen LogP contribution < -0.4 is 15.0 Å². The zero-order chi connectivity index (χ0) is 25.3. The molecule has 0 unspecified atom stereocenters. The third-order valence-electron chi connectivity index (χ3n) is 4.78. The second-order valence-electron chi connectivity index (χ2n) is 10.3. The molecule has 0 saturated carbocycles. The summed E-state index contributed by atoms with van der Waals surface area (Å²) in [5.74, 6) is 1.97. The van der Waals surface area contributed by atoms with Gasteiger partial charge in [0, 0.05) is 9.89 Å². The van der Waals surface area contributed by atoms with Crippen LogP contribution in [-0.2, 0) is 5.41 Å². The van der Waals surface area contributed by atoms with Crippen LogP contribution in [0.1, 0.15) is 59.9 Å². The molecule has 8 heteroatoms. The van der Waals surface area contributed by atoms with Gasteiger partial charge in [0.2, 0.25) is 0 Å². The van der Waals surface area contributed by atoms with E-state index < -0.39 is 0 Å². The van der Waals surface area contributed by atoms with Crippen LogP contribution in [0, 0.1) is 8.99 Å². The highest BCUT2D eigenvalue weighted by Crippen LogP contribution is 2.35. The summed E-state index contributed by atoms with van der Waals surface area (Å²) in [7, 11) is 0. The quantitative estimate of drug-likeness (QED) is 0.221. The fourth-order valence-corrected chi connectivity index (χ4v) is 4.36. The molecule has 1 heterocycles. The molecule has 182 valence electrons. The van der Waals surface area contributed by atoms with Crippen molar-refractivity contribution in [2.75, 3.05) is 13.2 Å². The highest BCUT2D eigenvalue weighted by Gasteiger charge is 2.23. The Kier molecular flexibility index (Phi) is 8.12. The lowest BCUT2D eigenvalue weighted by atomic mass is 9.95. The number of benzene rings is 2. The zero-order valence-corrected chi connectivity index (χ0v) is 24.4. The number of rotatable bonds is 6. The summed E-state index contributed by atoms with van der Waals surface area (Å²) in [5, 5.41) is 5.09. The minimum atomic E-state index is -0.382. The van der Waals surface area contributed by atoms with Crippen molar-refractivity contribution in [2.45, 2.75) is 53.9 Å². The molecule has 0 bridgehead atoms. The summed E-state index contributed by atoms with van der Waals surface area (Å²) < 4.78 is 15.1. The Labute approximate surface area is 223 Å². The number of hydrogen-bond acceptors (Lipinski definition) is 5. The average molecular weight is 640 g/mol. The van der Waals surface area contributed by atoms with Crippen LogP contribution in [0.4, 0.5) is 0 Å². The molecule has 0 aliphatic carbocycles. The van der Waals surface area contributed by atoms with Gasteiger partial charge in [-0.1, -0.05) is 57.5 Å². The first-order chi connectivity index (χ1) is 15.8. The highest BCUT2D eigenvalue weighted by molar-refractivity contribution is 14.1. The second kappa shape index (κ2) is 10.4. The standard InChI is InChI=1S/C26H31BrIN3O3/c1-8-33-21-12-16(11-19(28)22(21)34-15-25(2,3)4)14-29-31-23(32)18-13-17(27)9-10-20(18)30-24(31)26(5,6)7/h9-14H,8,15H2,1-7H3. The van der Waals surface area contributed by atoms with Crippen molar-refractivity contribution in [2.24, 2.45) is 10.5 Å². The molecule has 0 N–H and O–H groups in total. The number of hydrogen-bond donors (Lipinski definition) is 0. The van der Waals surface area contributed by atoms with Gasteiger partial charge in [0.15, 0.2) is 11.5 Å². The van der Waals surface area contributed by atoms with Crippen molar-refractivity contribution < 1.29 is 9.47 Å². The maximum absolute atomic E-state index is 13.4. The van der Waals surface area contributed by atoms with Gasteiger partial charge >= 0.3 is 0 Å². The summed E-state index contributed by atoms with van der Waals surface area (Å²) in [5.41, 5.74) is 0.885. The number of halogens is 2. The van der Waals surface area contributed by atoms with E-state index in [9.17, 15) is 4.79 Å². The number of fused-ring (bicyclic) bond motifs is 1. The molecule has 2 aromatic carbocycles. The molecule has 34 heavy (non-hydrogen) atoms. The van der Waals surface area contributed by atoms with Crippen molar-refractivity contribution in [3.05, 3.63) is 60.1 Å². The van der Waals surface area contributed by atoms with Crippen molar-refractivity contribution in [1.82, 2.24) is 9.66 Å². The van der Waals surface area contributed by atoms with Crippen LogP contribution >= 0.6 is 38.5 Å². The van der Waals surface area contributed by atoms with Crippen molar-refractivity contribution in [3.63, 3.8) is 0 Å². The fraction of sp³-hybridized carbons (Fsp3) is 0.423. The summed E-state index contributed by atoms with van der Waals surface area (Å²) in [4.78, 5) is 18.2. The van der Waals surface area contributed by atoms with E-state index in [0.29, 0.717) is 35.7 Å². The SMILES string of the molecule is CCOc1cc(C=Nn2c(C(C)(C)C)nc3ccc(Br)cc3c2=O)cc(I)c1OCC(C)(C)C. The molecular formula is C26H31BrIN3O3. The van der Waals surface area contributed by atoms with Crippen molar-refractivity contribution in [1.29, 1.82) is 0 Å². The van der Waals surface area contributed by atoms with Gasteiger partial charge < -0.3 is 9.47 Å². The summed E-state index contributed by atoms with van der Waals surface area (Å²) in [6.45, 7) is 15.5. The topological polar surface area (TPSA) is 65.7 Å². The van der Waals surface area contributed by atoms with Gasteiger partial charge in [0.05, 0.1) is 33.9 Å². The van der Waals surface area contributed by atoms with E-state index in [2.05, 4.69) is 64.4 Å². The molecule has 0 radical (unpaired) electrons. The van der Waals surface area contributed by atoms with Gasteiger partial charge in [-0.2, -0.15) is 9.78 Å². The van der Waals surface area contributed by atoms with Gasteiger partial charge in [-0.25, -0.2) is 4.98 Å². The Balaban J connectivity index is 2.10. The molecule has 1 aromatic heterocycles. The van der Waals surface area contributed by atoms with Crippen molar-refractivity contribution in [3.8, 4) is 11.5 Å². The van der Waals surface area contributed by atoms with Crippen LogP contribution in [-0.4, -0.2) is 29.1 Å². The van der Waals surface area contributed by atoms with Gasteiger partial charge in [0.25, 0.3) is 5.56 Å². The van der Waals surface area contributed by atoms with E-state index in [-0.39, 0.29) is 16.4 Å². The van der Waals surface area contributed by atoms with Crippen molar-refractivity contribution >= 4 is 55.6 Å². The maximum atomic E-state index is 13.4. The largest absolute Gasteiger partial charge is 0.490 e. The highest BCUT2D eigenvalue weighted by atomic mass is 127. The van der Waals surface area contributed by atoms with E-state index in [1.807, 2.05) is 52.0 Å². The Hall–Kier alpha value is -1.94. The van der Waals surface area contributed by atoms with Crippen LogP contribution in [0.5, 0.6) is 11.5 Å². The molecule has 0 fully saturated rings. The van der Waals surface area contributed by atoms with E-state index >= 15 is 0 Å². The average Bonchev–Trinajstić information content (AvgIpc) is 2.71. The zero-order valence-electron chi connectivity index (χ0n) is 20.7. The lowest BCUT2D eigenvalue weighted by Crippen LogP contribution is -2.29. The van der Waals surface area contributed by atoms with Gasteiger partial charge in [-0.15, -0.1) is 0 Å². The summed E-state index contributed by atoms with van der Waals surface area (Å²) in [6.07, 6.45) is 1.67. The lowest BCUT2D eigenvalue weighted by Gasteiger charge is -2.22. The minimum Gasteiger partial charge on any atom is -0.490 e. The molecular weight excluding hydrogens is 609 g/mol. The second-order valence-corrected chi connectivity index (χ2v) is 12.4. The molecule has 0 atom stereocenters. The first-order valence-electron chi connectivity index (χ1n) is 11.2. The predicted molar refractivity (Wildman–Crippen MR) is 151 cm³/mol. The van der Waals surface area contributed by atoms with Gasteiger partial charge in [0.1, 0.15) is 5.82 Å². The van der Waals surface area contributed by atoms with E-state index in [1.165, 1.54) is 4.68 Å². The number of nitrogens with zero attached hydrogens (tertiary/aromatic N) is 3. The van der Waals surface area contributed by atoms with Gasteiger partial charge in [-0.3, -0.25) is 4.79 Å². The molecule has 0 aliphatic heterocycles. The first-order valence-corrected chi connectivity index (χ1v) is 13.0. The van der Waals surface area contributed by atoms with E-state index in [0.717, 1.165) is 19.4 Å². The monoisotopic (exact) mass is 639 g/mol. The van der Waals surface area contributed by atoms with Crippen LogP contribution in [0.15, 0.2) is 44.7 Å². The van der Waals surface area contributed by atoms with E-state index in [1.54, 1.807) is 12.3 Å². The number of aromatic nitrogens is 2. The maximum Gasteiger partial charge on any atom is 0.282 e. The smallest absolute Gasteiger partial charge is 0.282 e. The molecule has 3 aromatic rings. The van der Waals surface area contributed by atoms with Crippen LogP contribution in [0.2, 0.25) is 0 Å². The molecule has 3 rings (SSSR count). The normalized spacial score (nSPS) is 12.5. The third kappa shape index (κ3) is 6.38. The molecule has 0 amide bonds. The molecule has 0 saturated heterocycles. The first kappa shape index (κ1) is 26.7. The molecule has 6 nitrogen and oxygen atoms in total. The predicted octanol–water partition coefficient (Wildman–Crippen LogP) is 6.77. The molecule has 0 spiro atoms. The van der Waals surface area contributed by atoms with Gasteiger partial charge in [-0.05, 0) is 70.8 Å².